The lowest BCUT2D eigenvalue weighted by atomic mass is 10.3. The summed E-state index contributed by atoms with van der Waals surface area (Å²) < 4.78 is 4.79. The zero-order chi connectivity index (χ0) is 11.3. The van der Waals surface area contributed by atoms with Gasteiger partial charge in [0, 0.05) is 12.0 Å². The Morgan fingerprint density at radius 3 is 3.07 bits per heavy atom. The van der Waals surface area contributed by atoms with Gasteiger partial charge in [0.05, 0.1) is 24.4 Å². The highest BCUT2D eigenvalue weighted by molar-refractivity contribution is 7.09. The quantitative estimate of drug-likeness (QED) is 0.747. The zero-order valence-corrected chi connectivity index (χ0v) is 9.63. The number of thiazole rings is 1. The molecule has 0 aliphatic heterocycles. The molecule has 0 saturated carbocycles. The van der Waals surface area contributed by atoms with Crippen molar-refractivity contribution >= 4 is 17.2 Å². The molecule has 0 spiro atoms. The summed E-state index contributed by atoms with van der Waals surface area (Å²) in [5.41, 5.74) is 8.26. The molecule has 1 aromatic rings. The van der Waals surface area contributed by atoms with Crippen LogP contribution in [0.2, 0.25) is 0 Å². The maximum atomic E-state index is 11.4. The number of hydrogen-bond donors (Lipinski definition) is 2. The zero-order valence-electron chi connectivity index (χ0n) is 8.82. The number of carbonyl (C=O) groups is 1. The fourth-order valence-electron chi connectivity index (χ4n) is 1.05. The first-order chi connectivity index (χ1) is 7.15. The number of aryl methyl sites for hydroxylation is 1. The van der Waals surface area contributed by atoms with Crippen LogP contribution in [-0.4, -0.2) is 30.6 Å². The predicted molar refractivity (Wildman–Crippen MR) is 58.5 cm³/mol. The molecule has 0 saturated heterocycles. The van der Waals surface area contributed by atoms with Crippen molar-refractivity contribution in [2.75, 3.05) is 13.7 Å². The minimum Gasteiger partial charge on any atom is -0.383 e. The van der Waals surface area contributed by atoms with Gasteiger partial charge in [-0.3, -0.25) is 4.79 Å². The van der Waals surface area contributed by atoms with Gasteiger partial charge < -0.3 is 15.8 Å². The summed E-state index contributed by atoms with van der Waals surface area (Å²) in [7, 11) is 1.51. The van der Waals surface area contributed by atoms with Gasteiger partial charge in [-0.05, 0) is 6.92 Å². The number of methoxy groups -OCH3 is 1. The second kappa shape index (κ2) is 5.79. The monoisotopic (exact) mass is 229 g/mol. The van der Waals surface area contributed by atoms with E-state index in [-0.39, 0.29) is 12.5 Å². The van der Waals surface area contributed by atoms with Gasteiger partial charge in [0.25, 0.3) is 0 Å². The Balaban J connectivity index is 2.37. The number of hydrogen-bond acceptors (Lipinski definition) is 5. The molecule has 0 fully saturated rings. The molecular formula is C9H15N3O2S. The number of rotatable bonds is 5. The van der Waals surface area contributed by atoms with E-state index in [9.17, 15) is 4.79 Å². The molecule has 84 valence electrons. The maximum absolute atomic E-state index is 11.4. The summed E-state index contributed by atoms with van der Waals surface area (Å²) in [5.74, 6) is -0.204. The second-order valence-corrected chi connectivity index (χ2v) is 4.08. The Labute approximate surface area is 92.6 Å². The fraction of sp³-hybridized carbons (Fsp3) is 0.556. The highest BCUT2D eigenvalue weighted by atomic mass is 32.1. The molecule has 1 amide bonds. The molecule has 15 heavy (non-hydrogen) atoms. The topological polar surface area (TPSA) is 77.2 Å². The maximum Gasteiger partial charge on any atom is 0.239 e. The number of carbonyl (C=O) groups excluding carboxylic acids is 1. The summed E-state index contributed by atoms with van der Waals surface area (Å²) in [5, 5.41) is 2.74. The Bertz CT molecular complexity index is 327. The van der Waals surface area contributed by atoms with Gasteiger partial charge >= 0.3 is 0 Å². The molecule has 1 atom stereocenters. The highest BCUT2D eigenvalue weighted by Crippen LogP contribution is 2.10. The molecule has 0 aromatic carbocycles. The summed E-state index contributed by atoms with van der Waals surface area (Å²) in [6.45, 7) is 2.62. The molecule has 0 aliphatic carbocycles. The number of nitrogens with two attached hydrogens (primary N) is 1. The van der Waals surface area contributed by atoms with Crippen LogP contribution in [0, 0.1) is 6.92 Å². The minimum atomic E-state index is -0.608. The van der Waals surface area contributed by atoms with Crippen LogP contribution in [0.4, 0.5) is 0 Å². The van der Waals surface area contributed by atoms with Crippen LogP contribution in [0.15, 0.2) is 5.51 Å². The van der Waals surface area contributed by atoms with Crippen molar-refractivity contribution in [1.29, 1.82) is 0 Å². The highest BCUT2D eigenvalue weighted by Gasteiger charge is 2.13. The standard InChI is InChI=1S/C9H15N3O2S/c1-6-8(15-5-12-6)3-11-9(13)7(10)4-14-2/h5,7H,3-4,10H2,1-2H3,(H,11,13). The lowest BCUT2D eigenvalue weighted by Gasteiger charge is -2.10. The van der Waals surface area contributed by atoms with Gasteiger partial charge in [0.15, 0.2) is 0 Å². The third-order valence-corrected chi connectivity index (χ3v) is 2.89. The molecule has 1 heterocycles. The van der Waals surface area contributed by atoms with E-state index in [1.165, 1.54) is 18.4 Å². The smallest absolute Gasteiger partial charge is 0.239 e. The largest absolute Gasteiger partial charge is 0.383 e. The summed E-state index contributed by atoms with van der Waals surface area (Å²) in [4.78, 5) is 16.5. The van der Waals surface area contributed by atoms with Crippen LogP contribution < -0.4 is 11.1 Å². The number of aromatic nitrogens is 1. The average Bonchev–Trinajstić information content (AvgIpc) is 2.61. The van der Waals surface area contributed by atoms with E-state index >= 15 is 0 Å². The van der Waals surface area contributed by atoms with Crippen molar-refractivity contribution < 1.29 is 9.53 Å². The lowest BCUT2D eigenvalue weighted by molar-refractivity contribution is -0.123. The molecule has 1 rings (SSSR count). The van der Waals surface area contributed by atoms with Crippen molar-refractivity contribution in [3.8, 4) is 0 Å². The van der Waals surface area contributed by atoms with Crippen molar-refractivity contribution in [2.45, 2.75) is 19.5 Å². The van der Waals surface area contributed by atoms with E-state index in [1.807, 2.05) is 6.92 Å². The molecule has 3 N–H and O–H groups in total. The second-order valence-electron chi connectivity index (χ2n) is 3.14. The number of nitrogens with zero attached hydrogens (tertiary/aromatic N) is 1. The van der Waals surface area contributed by atoms with Crippen molar-refractivity contribution in [3.05, 3.63) is 16.1 Å². The third-order valence-electron chi connectivity index (χ3n) is 1.95. The Morgan fingerprint density at radius 2 is 2.53 bits per heavy atom. The van der Waals surface area contributed by atoms with Crippen LogP contribution >= 0.6 is 11.3 Å². The van der Waals surface area contributed by atoms with E-state index in [1.54, 1.807) is 5.51 Å². The van der Waals surface area contributed by atoms with Crippen molar-refractivity contribution in [2.24, 2.45) is 5.73 Å². The van der Waals surface area contributed by atoms with Gasteiger partial charge in [0.2, 0.25) is 5.91 Å². The molecule has 1 unspecified atom stereocenters. The van der Waals surface area contributed by atoms with E-state index in [4.69, 9.17) is 10.5 Å². The minimum absolute atomic E-state index is 0.204. The molecule has 0 bridgehead atoms. The van der Waals surface area contributed by atoms with Crippen LogP contribution in [0.5, 0.6) is 0 Å². The third kappa shape index (κ3) is 3.58. The first kappa shape index (κ1) is 12.1. The Kier molecular flexibility index (Phi) is 4.67. The van der Waals surface area contributed by atoms with Gasteiger partial charge in [-0.15, -0.1) is 11.3 Å². The first-order valence-corrected chi connectivity index (χ1v) is 5.44. The van der Waals surface area contributed by atoms with E-state index in [0.717, 1.165) is 10.6 Å². The summed E-state index contributed by atoms with van der Waals surface area (Å²) >= 11 is 1.52. The molecule has 5 nitrogen and oxygen atoms in total. The molecular weight excluding hydrogens is 214 g/mol. The van der Waals surface area contributed by atoms with Crippen LogP contribution in [0.3, 0.4) is 0 Å². The Hall–Kier alpha value is -0.980. The fourth-order valence-corrected chi connectivity index (χ4v) is 1.77. The van der Waals surface area contributed by atoms with Gasteiger partial charge in [-0.25, -0.2) is 4.98 Å². The predicted octanol–water partition coefficient (Wildman–Crippen LogP) is 0.0414. The Morgan fingerprint density at radius 1 is 1.80 bits per heavy atom. The molecule has 0 radical (unpaired) electrons. The van der Waals surface area contributed by atoms with Gasteiger partial charge in [0.1, 0.15) is 6.04 Å². The van der Waals surface area contributed by atoms with Crippen molar-refractivity contribution in [3.63, 3.8) is 0 Å². The van der Waals surface area contributed by atoms with E-state index in [2.05, 4.69) is 10.3 Å². The molecule has 1 aromatic heterocycles. The summed E-state index contributed by atoms with van der Waals surface area (Å²) in [6.07, 6.45) is 0. The SMILES string of the molecule is COCC(N)C(=O)NCc1scnc1C. The number of amides is 1. The van der Waals surface area contributed by atoms with Crippen molar-refractivity contribution in [1.82, 2.24) is 10.3 Å². The molecule has 6 heteroatoms. The normalized spacial score (nSPS) is 12.5. The van der Waals surface area contributed by atoms with Gasteiger partial charge in [-0.1, -0.05) is 0 Å². The molecule has 0 aliphatic rings. The van der Waals surface area contributed by atoms with Crippen LogP contribution in [0.1, 0.15) is 10.6 Å². The van der Waals surface area contributed by atoms with E-state index < -0.39 is 6.04 Å². The lowest BCUT2D eigenvalue weighted by Crippen LogP contribution is -2.43. The van der Waals surface area contributed by atoms with E-state index in [0.29, 0.717) is 6.54 Å². The number of ether oxygens (including phenoxy) is 1. The summed E-state index contributed by atoms with van der Waals surface area (Å²) in [6, 6.07) is -0.608. The number of nitrogens with one attached hydrogen (secondary N) is 1. The average molecular weight is 229 g/mol. The van der Waals surface area contributed by atoms with Gasteiger partial charge in [-0.2, -0.15) is 0 Å². The first-order valence-electron chi connectivity index (χ1n) is 4.56. The van der Waals surface area contributed by atoms with Crippen LogP contribution in [0.25, 0.3) is 0 Å². The van der Waals surface area contributed by atoms with Crippen LogP contribution in [-0.2, 0) is 16.1 Å².